The number of carbonyl (C=O) groups is 1. The molecule has 2 nitrogen and oxygen atoms in total. The predicted molar refractivity (Wildman–Crippen MR) is 61.6 cm³/mol. The smallest absolute Gasteiger partial charge is 0.251 e. The highest BCUT2D eigenvalue weighted by Gasteiger charge is 2.15. The third-order valence-electron chi connectivity index (χ3n) is 2.12. The maximum atomic E-state index is 12.9. The Morgan fingerprint density at radius 3 is 2.35 bits per heavy atom. The first-order valence-electron chi connectivity index (χ1n) is 4.94. The van der Waals surface area contributed by atoms with E-state index in [1.165, 1.54) is 0 Å². The van der Waals surface area contributed by atoms with Gasteiger partial charge in [0.2, 0.25) is 0 Å². The summed E-state index contributed by atoms with van der Waals surface area (Å²) in [6, 6.07) is 1.35. The summed E-state index contributed by atoms with van der Waals surface area (Å²) in [7, 11) is 0. The largest absolute Gasteiger partial charge is 0.352 e. The van der Waals surface area contributed by atoms with Gasteiger partial charge >= 0.3 is 0 Å². The Morgan fingerprint density at radius 2 is 1.88 bits per heavy atom. The number of alkyl halides is 1. The molecule has 6 heteroatoms. The highest BCUT2D eigenvalue weighted by Crippen LogP contribution is 2.13. The van der Waals surface area contributed by atoms with Crippen LogP contribution in [0.1, 0.15) is 17.3 Å². The lowest BCUT2D eigenvalue weighted by Crippen LogP contribution is -2.29. The first-order valence-corrected chi connectivity index (χ1v) is 6.06. The Morgan fingerprint density at radius 1 is 1.35 bits per heavy atom. The molecule has 0 aliphatic rings. The van der Waals surface area contributed by atoms with Crippen LogP contribution in [0.5, 0.6) is 0 Å². The Hall–Kier alpha value is -1.04. The van der Waals surface area contributed by atoms with E-state index in [1.807, 2.05) is 6.92 Å². The van der Waals surface area contributed by atoms with Crippen LogP contribution in [0.4, 0.5) is 13.2 Å². The third kappa shape index (κ3) is 3.73. The van der Waals surface area contributed by atoms with Crippen molar-refractivity contribution in [1.82, 2.24) is 5.32 Å². The Labute approximate surface area is 105 Å². The van der Waals surface area contributed by atoms with Crippen molar-refractivity contribution in [3.8, 4) is 0 Å². The van der Waals surface area contributed by atoms with Crippen LogP contribution >= 0.6 is 15.9 Å². The molecule has 1 unspecified atom stereocenters. The minimum absolute atomic E-state index is 0.189. The number of halogens is 4. The molecule has 0 heterocycles. The van der Waals surface area contributed by atoms with Gasteiger partial charge in [-0.3, -0.25) is 4.79 Å². The molecule has 1 rings (SSSR count). The maximum absolute atomic E-state index is 12.9. The van der Waals surface area contributed by atoms with E-state index in [1.54, 1.807) is 0 Å². The van der Waals surface area contributed by atoms with Gasteiger partial charge in [-0.15, -0.1) is 0 Å². The number of hydrogen-bond donors (Lipinski definition) is 1. The van der Waals surface area contributed by atoms with E-state index in [-0.39, 0.29) is 11.5 Å². The molecule has 94 valence electrons. The molecule has 0 spiro atoms. The molecule has 1 atom stereocenters. The number of benzene rings is 1. The van der Waals surface area contributed by atoms with Gasteiger partial charge in [-0.1, -0.05) is 22.9 Å². The lowest BCUT2D eigenvalue weighted by molar-refractivity contribution is 0.0948. The van der Waals surface area contributed by atoms with Crippen LogP contribution in [-0.4, -0.2) is 17.8 Å². The van der Waals surface area contributed by atoms with Crippen LogP contribution in [-0.2, 0) is 0 Å². The quantitative estimate of drug-likeness (QED) is 0.672. The normalized spacial score (nSPS) is 12.3. The molecule has 0 aliphatic heterocycles. The topological polar surface area (TPSA) is 29.1 Å². The molecule has 0 saturated carbocycles. The van der Waals surface area contributed by atoms with Gasteiger partial charge in [-0.2, -0.15) is 0 Å². The standard InChI is InChI=1S/C11H11BrF3NO/c1-6(4-12)5-16-11(17)7-2-8(13)10(15)9(14)3-7/h2-3,6H,4-5H2,1H3,(H,16,17). The van der Waals surface area contributed by atoms with E-state index in [2.05, 4.69) is 21.2 Å². The molecule has 1 aromatic carbocycles. The maximum Gasteiger partial charge on any atom is 0.251 e. The zero-order chi connectivity index (χ0) is 13.0. The van der Waals surface area contributed by atoms with E-state index < -0.39 is 23.4 Å². The van der Waals surface area contributed by atoms with Crippen molar-refractivity contribution in [3.05, 3.63) is 35.1 Å². The molecule has 17 heavy (non-hydrogen) atoms. The fourth-order valence-corrected chi connectivity index (χ4v) is 1.34. The van der Waals surface area contributed by atoms with Crippen molar-refractivity contribution in [1.29, 1.82) is 0 Å². The van der Waals surface area contributed by atoms with Crippen molar-refractivity contribution in [2.75, 3.05) is 11.9 Å². The average Bonchev–Trinajstić information content (AvgIpc) is 2.31. The number of rotatable bonds is 4. The summed E-state index contributed by atoms with van der Waals surface area (Å²) in [5.74, 6) is -4.76. The van der Waals surface area contributed by atoms with Gasteiger partial charge in [0.1, 0.15) is 0 Å². The SMILES string of the molecule is CC(CBr)CNC(=O)c1cc(F)c(F)c(F)c1. The van der Waals surface area contributed by atoms with Crippen LogP contribution in [0.15, 0.2) is 12.1 Å². The Kier molecular flexibility index (Phi) is 4.99. The summed E-state index contributed by atoms with van der Waals surface area (Å²) in [5, 5.41) is 3.19. The lowest BCUT2D eigenvalue weighted by atomic mass is 10.1. The van der Waals surface area contributed by atoms with Crippen LogP contribution in [0, 0.1) is 23.4 Å². The number of hydrogen-bond acceptors (Lipinski definition) is 1. The minimum atomic E-state index is -1.57. The second-order valence-electron chi connectivity index (χ2n) is 3.72. The lowest BCUT2D eigenvalue weighted by Gasteiger charge is -2.09. The first kappa shape index (κ1) is 14.0. The predicted octanol–water partition coefficient (Wildman–Crippen LogP) is 2.86. The van der Waals surface area contributed by atoms with Gasteiger partial charge in [0.25, 0.3) is 5.91 Å². The molecule has 0 saturated heterocycles. The molecule has 0 radical (unpaired) electrons. The highest BCUT2D eigenvalue weighted by molar-refractivity contribution is 9.09. The number of amides is 1. The van der Waals surface area contributed by atoms with Crippen LogP contribution in [0.25, 0.3) is 0 Å². The highest BCUT2D eigenvalue weighted by atomic mass is 79.9. The van der Waals surface area contributed by atoms with Crippen molar-refractivity contribution in [2.45, 2.75) is 6.92 Å². The van der Waals surface area contributed by atoms with Crippen LogP contribution < -0.4 is 5.32 Å². The van der Waals surface area contributed by atoms with Gasteiger partial charge in [0, 0.05) is 17.4 Å². The van der Waals surface area contributed by atoms with E-state index in [4.69, 9.17) is 0 Å². The van der Waals surface area contributed by atoms with Crippen LogP contribution in [0.3, 0.4) is 0 Å². The zero-order valence-electron chi connectivity index (χ0n) is 9.07. The summed E-state index contributed by atoms with van der Waals surface area (Å²) in [5.41, 5.74) is -0.233. The van der Waals surface area contributed by atoms with Gasteiger partial charge in [-0.25, -0.2) is 13.2 Å². The van der Waals surface area contributed by atoms with Crippen LogP contribution in [0.2, 0.25) is 0 Å². The first-order chi connectivity index (χ1) is 7.95. The third-order valence-corrected chi connectivity index (χ3v) is 3.23. The van der Waals surface area contributed by atoms with Crippen molar-refractivity contribution < 1.29 is 18.0 Å². The minimum Gasteiger partial charge on any atom is -0.352 e. The molecular weight excluding hydrogens is 299 g/mol. The molecule has 0 aliphatic carbocycles. The second kappa shape index (κ2) is 6.05. The average molecular weight is 310 g/mol. The fraction of sp³-hybridized carbons (Fsp3) is 0.364. The summed E-state index contributed by atoms with van der Waals surface area (Å²) in [4.78, 5) is 11.5. The van der Waals surface area contributed by atoms with Crippen molar-refractivity contribution in [2.24, 2.45) is 5.92 Å². The van der Waals surface area contributed by atoms with E-state index in [0.29, 0.717) is 24.0 Å². The molecule has 1 aromatic rings. The number of nitrogens with one attached hydrogen (secondary N) is 1. The molecule has 0 fully saturated rings. The van der Waals surface area contributed by atoms with Crippen molar-refractivity contribution >= 4 is 21.8 Å². The molecule has 0 bridgehead atoms. The Balaban J connectivity index is 2.76. The zero-order valence-corrected chi connectivity index (χ0v) is 10.7. The number of carbonyl (C=O) groups excluding carboxylic acids is 1. The van der Waals surface area contributed by atoms with E-state index in [9.17, 15) is 18.0 Å². The summed E-state index contributed by atoms with van der Waals surface area (Å²) in [6.45, 7) is 2.26. The van der Waals surface area contributed by atoms with Crippen molar-refractivity contribution in [3.63, 3.8) is 0 Å². The summed E-state index contributed by atoms with van der Waals surface area (Å²) in [6.07, 6.45) is 0. The molecule has 1 amide bonds. The van der Waals surface area contributed by atoms with Gasteiger partial charge in [-0.05, 0) is 18.1 Å². The Bertz CT molecular complexity index is 402. The van der Waals surface area contributed by atoms with E-state index in [0.717, 1.165) is 0 Å². The monoisotopic (exact) mass is 309 g/mol. The molecule has 1 N–H and O–H groups in total. The molecule has 0 aromatic heterocycles. The molecular formula is C11H11BrF3NO. The summed E-state index contributed by atoms with van der Waals surface area (Å²) >= 11 is 3.23. The van der Waals surface area contributed by atoms with Gasteiger partial charge in [0.05, 0.1) is 0 Å². The fourth-order valence-electron chi connectivity index (χ4n) is 1.11. The van der Waals surface area contributed by atoms with Gasteiger partial charge < -0.3 is 5.32 Å². The van der Waals surface area contributed by atoms with Gasteiger partial charge in [0.15, 0.2) is 17.5 Å². The van der Waals surface area contributed by atoms with E-state index >= 15 is 0 Å². The second-order valence-corrected chi connectivity index (χ2v) is 4.37. The summed E-state index contributed by atoms with van der Waals surface area (Å²) < 4.78 is 38.4.